The van der Waals surface area contributed by atoms with E-state index in [1.807, 2.05) is 0 Å². The fourth-order valence-electron chi connectivity index (χ4n) is 10.6. The molecule has 78 heavy (non-hydrogen) atoms. The maximum atomic E-state index is 12.9. The van der Waals surface area contributed by atoms with Crippen LogP contribution in [0.15, 0.2) is 36.5 Å². The molecular formula is C72H134O6. The Kier molecular flexibility index (Phi) is 65.1. The molecule has 6 nitrogen and oxygen atoms in total. The Morgan fingerprint density at radius 2 is 0.462 bits per heavy atom. The molecule has 0 fully saturated rings. The monoisotopic (exact) mass is 1100 g/mol. The molecule has 1 atom stereocenters. The Balaban J connectivity index is 4.13. The third-order valence-electron chi connectivity index (χ3n) is 15.9. The van der Waals surface area contributed by atoms with Gasteiger partial charge in [0, 0.05) is 19.3 Å². The van der Waals surface area contributed by atoms with Crippen molar-refractivity contribution in [3.8, 4) is 0 Å². The summed E-state index contributed by atoms with van der Waals surface area (Å²) >= 11 is 0. The number of hydrogen-bond acceptors (Lipinski definition) is 6. The Bertz CT molecular complexity index is 1300. The molecule has 0 N–H and O–H groups in total. The first kappa shape index (κ1) is 75.6. The van der Waals surface area contributed by atoms with E-state index in [2.05, 4.69) is 57.2 Å². The van der Waals surface area contributed by atoms with Gasteiger partial charge in [-0.1, -0.05) is 327 Å². The van der Waals surface area contributed by atoms with Gasteiger partial charge in [0.25, 0.3) is 0 Å². The van der Waals surface area contributed by atoms with Crippen molar-refractivity contribution in [2.75, 3.05) is 13.2 Å². The van der Waals surface area contributed by atoms with E-state index in [-0.39, 0.29) is 31.1 Å². The summed E-state index contributed by atoms with van der Waals surface area (Å²) in [6.45, 7) is 6.68. The third-order valence-corrected chi connectivity index (χ3v) is 15.9. The van der Waals surface area contributed by atoms with Crippen molar-refractivity contribution in [1.82, 2.24) is 0 Å². The number of hydrogen-bond donors (Lipinski definition) is 0. The lowest BCUT2D eigenvalue weighted by Gasteiger charge is -2.18. The van der Waals surface area contributed by atoms with Crippen LogP contribution in [0.2, 0.25) is 0 Å². The zero-order valence-corrected chi connectivity index (χ0v) is 52.7. The first-order valence-electron chi connectivity index (χ1n) is 35.0. The average Bonchev–Trinajstić information content (AvgIpc) is 3.44. The molecule has 0 saturated heterocycles. The fourth-order valence-corrected chi connectivity index (χ4v) is 10.6. The normalized spacial score (nSPS) is 12.2. The second-order valence-corrected chi connectivity index (χ2v) is 23.8. The van der Waals surface area contributed by atoms with Gasteiger partial charge >= 0.3 is 17.9 Å². The molecule has 0 aromatic heterocycles. The van der Waals surface area contributed by atoms with E-state index in [0.29, 0.717) is 19.3 Å². The van der Waals surface area contributed by atoms with Crippen molar-refractivity contribution in [2.24, 2.45) is 0 Å². The second kappa shape index (κ2) is 67.1. The van der Waals surface area contributed by atoms with Gasteiger partial charge in [0.1, 0.15) is 13.2 Å². The lowest BCUT2D eigenvalue weighted by molar-refractivity contribution is -0.167. The zero-order valence-electron chi connectivity index (χ0n) is 52.7. The van der Waals surface area contributed by atoms with Crippen LogP contribution in [-0.4, -0.2) is 37.2 Å². The number of carbonyl (C=O) groups is 3. The van der Waals surface area contributed by atoms with Gasteiger partial charge < -0.3 is 14.2 Å². The van der Waals surface area contributed by atoms with Crippen LogP contribution in [0, 0.1) is 0 Å². The molecule has 0 saturated carbocycles. The highest BCUT2D eigenvalue weighted by Crippen LogP contribution is 2.18. The maximum absolute atomic E-state index is 12.9. The van der Waals surface area contributed by atoms with Crippen molar-refractivity contribution >= 4 is 17.9 Å². The van der Waals surface area contributed by atoms with Crippen LogP contribution in [-0.2, 0) is 28.6 Å². The van der Waals surface area contributed by atoms with E-state index >= 15 is 0 Å². The zero-order chi connectivity index (χ0) is 56.4. The van der Waals surface area contributed by atoms with Gasteiger partial charge in [-0.3, -0.25) is 14.4 Å². The smallest absolute Gasteiger partial charge is 0.306 e. The lowest BCUT2D eigenvalue weighted by atomic mass is 10.0. The summed E-state index contributed by atoms with van der Waals surface area (Å²) in [6.07, 6.45) is 83.2. The molecule has 0 heterocycles. The van der Waals surface area contributed by atoms with Crippen LogP contribution in [0.4, 0.5) is 0 Å². The lowest BCUT2D eigenvalue weighted by Crippen LogP contribution is -2.30. The van der Waals surface area contributed by atoms with E-state index in [1.54, 1.807) is 0 Å². The van der Waals surface area contributed by atoms with E-state index in [0.717, 1.165) is 70.6 Å². The van der Waals surface area contributed by atoms with Crippen molar-refractivity contribution in [2.45, 2.75) is 393 Å². The van der Waals surface area contributed by atoms with Crippen LogP contribution in [0.3, 0.4) is 0 Å². The van der Waals surface area contributed by atoms with Crippen molar-refractivity contribution < 1.29 is 28.6 Å². The van der Waals surface area contributed by atoms with Crippen LogP contribution >= 0.6 is 0 Å². The van der Waals surface area contributed by atoms with Gasteiger partial charge in [0.15, 0.2) is 6.10 Å². The topological polar surface area (TPSA) is 78.9 Å². The average molecular weight is 1100 g/mol. The highest BCUT2D eigenvalue weighted by molar-refractivity contribution is 5.71. The van der Waals surface area contributed by atoms with E-state index in [9.17, 15) is 14.4 Å². The molecule has 0 rings (SSSR count). The number of ether oxygens (including phenoxy) is 3. The molecule has 0 bridgehead atoms. The Labute approximate surface area is 486 Å². The predicted octanol–water partition coefficient (Wildman–Crippen LogP) is 23.9. The van der Waals surface area contributed by atoms with Gasteiger partial charge in [0.05, 0.1) is 0 Å². The Morgan fingerprint density at radius 1 is 0.256 bits per heavy atom. The number of allylic oxidation sites excluding steroid dienone is 6. The summed E-state index contributed by atoms with van der Waals surface area (Å²) in [7, 11) is 0. The van der Waals surface area contributed by atoms with Crippen LogP contribution in [0.1, 0.15) is 387 Å². The molecule has 6 heteroatoms. The van der Waals surface area contributed by atoms with E-state index in [1.165, 1.54) is 276 Å². The summed E-state index contributed by atoms with van der Waals surface area (Å²) in [6, 6.07) is 0. The molecule has 0 spiro atoms. The van der Waals surface area contributed by atoms with Gasteiger partial charge in [-0.05, 0) is 77.0 Å². The molecular weight excluding hydrogens is 961 g/mol. The largest absolute Gasteiger partial charge is 0.462 e. The first-order valence-corrected chi connectivity index (χ1v) is 35.0. The van der Waals surface area contributed by atoms with Crippen molar-refractivity contribution in [1.29, 1.82) is 0 Å². The third kappa shape index (κ3) is 64.5. The minimum Gasteiger partial charge on any atom is -0.462 e. The molecule has 0 aliphatic rings. The summed E-state index contributed by atoms with van der Waals surface area (Å²) in [5.41, 5.74) is 0. The maximum Gasteiger partial charge on any atom is 0.306 e. The molecule has 0 radical (unpaired) electrons. The predicted molar refractivity (Wildman–Crippen MR) is 339 cm³/mol. The van der Waals surface area contributed by atoms with Crippen molar-refractivity contribution in [3.05, 3.63) is 36.5 Å². The summed E-state index contributed by atoms with van der Waals surface area (Å²) in [5.74, 6) is -0.850. The molecule has 0 aliphatic heterocycles. The highest BCUT2D eigenvalue weighted by atomic mass is 16.6. The number of esters is 3. The number of rotatable bonds is 65. The summed E-state index contributed by atoms with van der Waals surface area (Å²) in [4.78, 5) is 38.3. The number of carbonyl (C=O) groups excluding carboxylic acids is 3. The van der Waals surface area contributed by atoms with Crippen LogP contribution in [0.25, 0.3) is 0 Å². The van der Waals surface area contributed by atoms with E-state index in [4.69, 9.17) is 14.2 Å². The van der Waals surface area contributed by atoms with Gasteiger partial charge in [0.2, 0.25) is 0 Å². The van der Waals surface area contributed by atoms with Crippen LogP contribution in [0.5, 0.6) is 0 Å². The van der Waals surface area contributed by atoms with Gasteiger partial charge in [-0.15, -0.1) is 0 Å². The van der Waals surface area contributed by atoms with Gasteiger partial charge in [-0.2, -0.15) is 0 Å². The second-order valence-electron chi connectivity index (χ2n) is 23.8. The quantitative estimate of drug-likeness (QED) is 0.0261. The first-order chi connectivity index (χ1) is 38.5. The minimum atomic E-state index is -0.773. The molecule has 0 aromatic rings. The van der Waals surface area contributed by atoms with Gasteiger partial charge in [-0.25, -0.2) is 0 Å². The molecule has 0 amide bonds. The Morgan fingerprint density at radius 3 is 0.718 bits per heavy atom. The molecule has 458 valence electrons. The van der Waals surface area contributed by atoms with Crippen molar-refractivity contribution in [3.63, 3.8) is 0 Å². The van der Waals surface area contributed by atoms with E-state index < -0.39 is 6.10 Å². The SMILES string of the molecule is CCCCCCC/C=C\C/C=C\CCCCCCCCCCCCCCCCCCCCCC(=O)OCC(COC(=O)CCCCCCCCCCCCCCC)OC(=O)CCCCCCC/C=C\CCCCCCCCC. The minimum absolute atomic E-state index is 0.0694. The highest BCUT2D eigenvalue weighted by Gasteiger charge is 2.19. The standard InChI is InChI=1S/C72H134O6/c1-4-7-10-13-16-19-22-25-27-29-30-31-32-33-34-35-36-37-38-39-40-41-42-43-45-47-50-53-56-59-62-65-71(74)77-68-69(67-76-70(73)64-61-58-55-52-49-46-24-21-18-15-12-9-6-3)78-72(75)66-63-60-57-54-51-48-44-28-26-23-20-17-14-11-8-5-2/h22,25,28-30,44,69H,4-21,23-24,26-27,31-43,45-68H2,1-3H3/b25-22-,30-29-,44-28-. The number of unbranched alkanes of at least 4 members (excludes halogenated alkanes) is 48. The molecule has 1 unspecified atom stereocenters. The fraction of sp³-hybridized carbons (Fsp3) is 0.875. The molecule has 0 aliphatic carbocycles. The summed E-state index contributed by atoms with van der Waals surface area (Å²) < 4.78 is 17.0. The Hall–Kier alpha value is -2.37. The molecule has 0 aromatic carbocycles. The summed E-state index contributed by atoms with van der Waals surface area (Å²) in [5, 5.41) is 0. The van der Waals surface area contributed by atoms with Crippen LogP contribution < -0.4 is 0 Å².